The number of halogens is 2. The summed E-state index contributed by atoms with van der Waals surface area (Å²) in [4.78, 5) is 17.6. The molecule has 2 rings (SSSR count). The molecule has 1 aromatic rings. The van der Waals surface area contributed by atoms with Crippen LogP contribution in [0.4, 0.5) is 9.18 Å². The molecular formula is C15H20ClFN2O3. The average molecular weight is 331 g/mol. The number of pyridine rings is 1. The number of carbonyl (C=O) groups is 1. The number of rotatable bonds is 2. The highest BCUT2D eigenvalue weighted by Crippen LogP contribution is 2.25. The SMILES string of the molecule is C[C@H]1C[C@@H](Oc2cc(Cl)c(F)cn2)CN1C(=O)OC(C)(C)C. The molecule has 1 saturated heterocycles. The lowest BCUT2D eigenvalue weighted by Gasteiger charge is -2.26. The van der Waals surface area contributed by atoms with E-state index in [1.54, 1.807) is 4.90 Å². The van der Waals surface area contributed by atoms with Crippen LogP contribution in [0.5, 0.6) is 5.88 Å². The van der Waals surface area contributed by atoms with Crippen molar-refractivity contribution >= 4 is 17.7 Å². The van der Waals surface area contributed by atoms with Gasteiger partial charge in [0, 0.05) is 18.5 Å². The quantitative estimate of drug-likeness (QED) is 0.830. The van der Waals surface area contributed by atoms with Crippen molar-refractivity contribution in [1.82, 2.24) is 9.88 Å². The summed E-state index contributed by atoms with van der Waals surface area (Å²) in [6.07, 6.45) is 1.07. The van der Waals surface area contributed by atoms with E-state index < -0.39 is 11.4 Å². The van der Waals surface area contributed by atoms with Crippen molar-refractivity contribution in [3.8, 4) is 5.88 Å². The maximum atomic E-state index is 13.1. The van der Waals surface area contributed by atoms with Crippen LogP contribution >= 0.6 is 11.6 Å². The molecule has 1 amide bonds. The summed E-state index contributed by atoms with van der Waals surface area (Å²) in [5.41, 5.74) is -0.540. The molecule has 0 N–H and O–H groups in total. The first kappa shape index (κ1) is 16.8. The van der Waals surface area contributed by atoms with Gasteiger partial charge < -0.3 is 14.4 Å². The minimum Gasteiger partial charge on any atom is -0.472 e. The number of carbonyl (C=O) groups excluding carboxylic acids is 1. The number of amides is 1. The maximum absolute atomic E-state index is 13.1. The van der Waals surface area contributed by atoms with Crippen LogP contribution in [-0.4, -0.2) is 40.3 Å². The molecule has 2 heterocycles. The van der Waals surface area contributed by atoms with E-state index in [1.807, 2.05) is 27.7 Å². The van der Waals surface area contributed by atoms with Crippen molar-refractivity contribution < 1.29 is 18.7 Å². The van der Waals surface area contributed by atoms with Crippen molar-refractivity contribution in [2.75, 3.05) is 6.54 Å². The van der Waals surface area contributed by atoms with Gasteiger partial charge in [0.1, 0.15) is 11.7 Å². The fraction of sp³-hybridized carbons (Fsp3) is 0.600. The summed E-state index contributed by atoms with van der Waals surface area (Å²) in [6, 6.07) is 1.33. The van der Waals surface area contributed by atoms with Crippen LogP contribution in [0, 0.1) is 5.82 Å². The first-order valence-corrected chi connectivity index (χ1v) is 7.51. The first-order chi connectivity index (χ1) is 10.2. The molecule has 2 atom stereocenters. The van der Waals surface area contributed by atoms with Crippen molar-refractivity contribution in [3.63, 3.8) is 0 Å². The summed E-state index contributed by atoms with van der Waals surface area (Å²) in [7, 11) is 0. The van der Waals surface area contributed by atoms with Crippen LogP contribution in [0.1, 0.15) is 34.1 Å². The molecule has 1 aliphatic rings. The molecule has 0 unspecified atom stereocenters. The Morgan fingerprint density at radius 3 is 2.77 bits per heavy atom. The number of likely N-dealkylation sites (tertiary alicyclic amines) is 1. The topological polar surface area (TPSA) is 51.7 Å². The van der Waals surface area contributed by atoms with Crippen LogP contribution in [0.15, 0.2) is 12.3 Å². The van der Waals surface area contributed by atoms with E-state index in [0.29, 0.717) is 13.0 Å². The Morgan fingerprint density at radius 2 is 2.18 bits per heavy atom. The fourth-order valence-electron chi connectivity index (χ4n) is 2.27. The number of nitrogens with zero attached hydrogens (tertiary/aromatic N) is 2. The van der Waals surface area contributed by atoms with Gasteiger partial charge in [0.15, 0.2) is 5.82 Å². The zero-order valence-electron chi connectivity index (χ0n) is 13.1. The Hall–Kier alpha value is -1.56. The lowest BCUT2D eigenvalue weighted by atomic mass is 10.2. The second kappa shape index (κ2) is 6.28. The van der Waals surface area contributed by atoms with E-state index in [2.05, 4.69) is 4.98 Å². The minimum atomic E-state index is -0.593. The molecule has 0 saturated carbocycles. The first-order valence-electron chi connectivity index (χ1n) is 7.13. The van der Waals surface area contributed by atoms with Crippen molar-refractivity contribution in [3.05, 3.63) is 23.1 Å². The van der Waals surface area contributed by atoms with Gasteiger partial charge in [-0.3, -0.25) is 0 Å². The third-order valence-corrected chi connectivity index (χ3v) is 3.52. The number of aromatic nitrogens is 1. The highest BCUT2D eigenvalue weighted by molar-refractivity contribution is 6.30. The smallest absolute Gasteiger partial charge is 0.410 e. The standard InChI is InChI=1S/C15H20ClFN2O3/c1-9-5-10(8-19(9)14(20)22-15(2,3)4)21-13-6-11(16)12(17)7-18-13/h6-7,9-10H,5,8H2,1-4H3/t9-,10+/m0/s1. The third-order valence-electron chi connectivity index (χ3n) is 3.24. The van der Waals surface area contributed by atoms with E-state index in [4.69, 9.17) is 21.1 Å². The predicted octanol–water partition coefficient (Wildman–Crippen LogP) is 3.65. The molecule has 5 nitrogen and oxygen atoms in total. The van der Waals surface area contributed by atoms with Gasteiger partial charge in [-0.1, -0.05) is 11.6 Å². The minimum absolute atomic E-state index is 0.00392. The average Bonchev–Trinajstić information content (AvgIpc) is 2.73. The molecular weight excluding hydrogens is 311 g/mol. The molecule has 1 aromatic heterocycles. The van der Waals surface area contributed by atoms with E-state index in [9.17, 15) is 9.18 Å². The van der Waals surface area contributed by atoms with Crippen LogP contribution in [0.25, 0.3) is 0 Å². The Balaban J connectivity index is 1.98. The summed E-state index contributed by atoms with van der Waals surface area (Å²) >= 11 is 5.70. The molecule has 1 fully saturated rings. The molecule has 0 bridgehead atoms. The van der Waals surface area contributed by atoms with Gasteiger partial charge in [0.05, 0.1) is 17.8 Å². The van der Waals surface area contributed by atoms with Gasteiger partial charge in [-0.25, -0.2) is 14.2 Å². The monoisotopic (exact) mass is 330 g/mol. The lowest BCUT2D eigenvalue weighted by molar-refractivity contribution is 0.0223. The van der Waals surface area contributed by atoms with Gasteiger partial charge in [-0.15, -0.1) is 0 Å². The van der Waals surface area contributed by atoms with Crippen LogP contribution in [0.2, 0.25) is 5.02 Å². The molecule has 0 aromatic carbocycles. The Labute approximate surface area is 134 Å². The van der Waals surface area contributed by atoms with Gasteiger partial charge in [-0.2, -0.15) is 0 Å². The fourth-order valence-corrected chi connectivity index (χ4v) is 2.42. The summed E-state index contributed by atoms with van der Waals surface area (Å²) in [6.45, 7) is 7.79. The zero-order chi connectivity index (χ0) is 16.5. The molecule has 1 aliphatic heterocycles. The highest BCUT2D eigenvalue weighted by atomic mass is 35.5. The van der Waals surface area contributed by atoms with E-state index >= 15 is 0 Å². The Kier molecular flexibility index (Phi) is 4.80. The second-order valence-electron chi connectivity index (χ2n) is 6.39. The summed E-state index contributed by atoms with van der Waals surface area (Å²) in [5, 5.41) is -0.0416. The Bertz CT molecular complexity index is 562. The predicted molar refractivity (Wildman–Crippen MR) is 80.6 cm³/mol. The molecule has 7 heteroatoms. The third kappa shape index (κ3) is 4.22. The molecule has 22 heavy (non-hydrogen) atoms. The summed E-state index contributed by atoms with van der Waals surface area (Å²) in [5.74, 6) is -0.348. The Morgan fingerprint density at radius 1 is 1.50 bits per heavy atom. The second-order valence-corrected chi connectivity index (χ2v) is 6.80. The van der Waals surface area contributed by atoms with Crippen LogP contribution in [0.3, 0.4) is 0 Å². The molecule has 0 aliphatic carbocycles. The molecule has 0 spiro atoms. The van der Waals surface area contributed by atoms with Crippen molar-refractivity contribution in [1.29, 1.82) is 0 Å². The van der Waals surface area contributed by atoms with E-state index in [-0.39, 0.29) is 29.1 Å². The highest BCUT2D eigenvalue weighted by Gasteiger charge is 2.36. The molecule has 0 radical (unpaired) electrons. The maximum Gasteiger partial charge on any atom is 0.410 e. The van der Waals surface area contributed by atoms with Gasteiger partial charge in [0.2, 0.25) is 5.88 Å². The largest absolute Gasteiger partial charge is 0.472 e. The van der Waals surface area contributed by atoms with Gasteiger partial charge >= 0.3 is 6.09 Å². The van der Waals surface area contributed by atoms with E-state index in [1.165, 1.54) is 6.07 Å². The van der Waals surface area contributed by atoms with Gasteiger partial charge in [-0.05, 0) is 27.7 Å². The van der Waals surface area contributed by atoms with Crippen LogP contribution < -0.4 is 4.74 Å². The van der Waals surface area contributed by atoms with Crippen molar-refractivity contribution in [2.45, 2.75) is 51.9 Å². The number of hydrogen-bond acceptors (Lipinski definition) is 4. The normalized spacial score (nSPS) is 21.8. The van der Waals surface area contributed by atoms with Crippen molar-refractivity contribution in [2.24, 2.45) is 0 Å². The van der Waals surface area contributed by atoms with E-state index in [0.717, 1.165) is 6.20 Å². The number of hydrogen-bond donors (Lipinski definition) is 0. The lowest BCUT2D eigenvalue weighted by Crippen LogP contribution is -2.39. The summed E-state index contributed by atoms with van der Waals surface area (Å²) < 4.78 is 24.1. The molecule has 122 valence electrons. The number of ether oxygens (including phenoxy) is 2. The van der Waals surface area contributed by atoms with Gasteiger partial charge in [0.25, 0.3) is 0 Å². The van der Waals surface area contributed by atoms with Crippen LogP contribution in [-0.2, 0) is 4.74 Å². The zero-order valence-corrected chi connectivity index (χ0v) is 13.9.